The molecule has 2 aliphatic heterocycles. The maximum atomic E-state index is 11.2. The number of nitrogens with zero attached hydrogens (tertiary/aromatic N) is 3. The number of carbonyl (C=O) groups excluding carboxylic acids is 3. The monoisotopic (exact) mass is 390 g/mol. The van der Waals surface area contributed by atoms with Gasteiger partial charge < -0.3 is 9.47 Å². The summed E-state index contributed by atoms with van der Waals surface area (Å²) >= 11 is 0. The first-order chi connectivity index (χ1) is 13.0. The van der Waals surface area contributed by atoms with Crippen LogP contribution < -0.4 is 5.43 Å². The fourth-order valence-electron chi connectivity index (χ4n) is 2.99. The third kappa shape index (κ3) is 7.39. The van der Waals surface area contributed by atoms with Crippen molar-refractivity contribution in [2.75, 3.05) is 47.5 Å². The van der Waals surface area contributed by atoms with Crippen LogP contribution in [0.15, 0.2) is 0 Å². The zero-order valence-corrected chi connectivity index (χ0v) is 16.1. The van der Waals surface area contributed by atoms with E-state index < -0.39 is 6.04 Å². The highest BCUT2D eigenvalue weighted by atomic mass is 17.1. The number of amides is 1. The van der Waals surface area contributed by atoms with Crippen LogP contribution in [0.1, 0.15) is 25.7 Å². The molecule has 2 unspecified atom stereocenters. The van der Waals surface area contributed by atoms with Gasteiger partial charge in [0.1, 0.15) is 12.1 Å². The first-order valence-corrected chi connectivity index (χ1v) is 8.86. The Kier molecular flexibility index (Phi) is 10.8. The van der Waals surface area contributed by atoms with Crippen molar-refractivity contribution in [3.8, 4) is 0 Å². The van der Waals surface area contributed by atoms with E-state index in [1.54, 1.807) is 12.1 Å². The summed E-state index contributed by atoms with van der Waals surface area (Å²) in [6.45, 7) is 2.41. The van der Waals surface area contributed by atoms with Crippen LogP contribution in [0.5, 0.6) is 0 Å². The Balaban J connectivity index is 0.000000271. The zero-order chi connectivity index (χ0) is 20.2. The van der Waals surface area contributed by atoms with Crippen LogP contribution >= 0.6 is 0 Å². The van der Waals surface area contributed by atoms with Crippen LogP contribution in [-0.2, 0) is 28.7 Å². The lowest BCUT2D eigenvalue weighted by Gasteiger charge is -2.37. The SMILES string of the molecule is COC(=O)C1CCCN(C)N1C=O.COC(=O)C1CCCN(CCOO)N1. The van der Waals surface area contributed by atoms with Gasteiger partial charge in [0.05, 0.1) is 20.8 Å². The second-order valence-corrected chi connectivity index (χ2v) is 6.22. The van der Waals surface area contributed by atoms with Crippen molar-refractivity contribution in [2.45, 2.75) is 37.8 Å². The summed E-state index contributed by atoms with van der Waals surface area (Å²) < 4.78 is 9.24. The maximum absolute atomic E-state index is 11.2. The molecule has 0 aromatic heterocycles. The molecule has 27 heavy (non-hydrogen) atoms. The molecule has 2 saturated heterocycles. The third-order valence-electron chi connectivity index (χ3n) is 4.45. The molecule has 0 spiro atoms. The summed E-state index contributed by atoms with van der Waals surface area (Å²) in [4.78, 5) is 37.1. The van der Waals surface area contributed by atoms with E-state index in [-0.39, 0.29) is 24.6 Å². The van der Waals surface area contributed by atoms with Gasteiger partial charge in [-0.2, -0.15) is 0 Å². The van der Waals surface area contributed by atoms with Gasteiger partial charge in [0.15, 0.2) is 0 Å². The minimum absolute atomic E-state index is 0.223. The summed E-state index contributed by atoms with van der Waals surface area (Å²) in [5, 5.41) is 13.1. The van der Waals surface area contributed by atoms with E-state index >= 15 is 0 Å². The average molecular weight is 390 g/mol. The number of esters is 2. The molecular formula is C16H30N4O7. The van der Waals surface area contributed by atoms with Crippen molar-refractivity contribution in [2.24, 2.45) is 0 Å². The molecule has 0 aromatic rings. The number of hydrazine groups is 2. The van der Waals surface area contributed by atoms with Crippen LogP contribution in [0.3, 0.4) is 0 Å². The molecule has 11 heteroatoms. The molecule has 0 aromatic carbocycles. The van der Waals surface area contributed by atoms with Gasteiger partial charge in [0, 0.05) is 26.7 Å². The lowest BCUT2D eigenvalue weighted by Crippen LogP contribution is -2.53. The second kappa shape index (κ2) is 12.6. The van der Waals surface area contributed by atoms with E-state index in [1.807, 2.05) is 5.01 Å². The Morgan fingerprint density at radius 2 is 1.81 bits per heavy atom. The minimum Gasteiger partial charge on any atom is -0.468 e. The van der Waals surface area contributed by atoms with Gasteiger partial charge >= 0.3 is 11.9 Å². The molecule has 2 aliphatic rings. The lowest BCUT2D eigenvalue weighted by molar-refractivity contribution is -0.245. The van der Waals surface area contributed by atoms with Crippen molar-refractivity contribution >= 4 is 18.3 Å². The van der Waals surface area contributed by atoms with Crippen molar-refractivity contribution in [1.29, 1.82) is 0 Å². The predicted molar refractivity (Wildman–Crippen MR) is 93.9 cm³/mol. The van der Waals surface area contributed by atoms with Crippen LogP contribution in [0.4, 0.5) is 0 Å². The lowest BCUT2D eigenvalue weighted by atomic mass is 10.1. The van der Waals surface area contributed by atoms with Gasteiger partial charge in [-0.05, 0) is 25.7 Å². The highest BCUT2D eigenvalue weighted by molar-refractivity contribution is 5.78. The van der Waals surface area contributed by atoms with Crippen molar-refractivity contribution in [3.05, 3.63) is 0 Å². The van der Waals surface area contributed by atoms with E-state index in [0.717, 1.165) is 32.4 Å². The van der Waals surface area contributed by atoms with E-state index in [1.165, 1.54) is 19.2 Å². The molecule has 2 atom stereocenters. The molecular weight excluding hydrogens is 360 g/mol. The summed E-state index contributed by atoms with van der Waals surface area (Å²) in [6, 6.07) is -0.714. The second-order valence-electron chi connectivity index (χ2n) is 6.22. The molecule has 0 saturated carbocycles. The van der Waals surface area contributed by atoms with E-state index in [9.17, 15) is 14.4 Å². The van der Waals surface area contributed by atoms with Gasteiger partial charge in [-0.1, -0.05) is 0 Å². The number of rotatable bonds is 6. The minimum atomic E-state index is -0.443. The molecule has 0 bridgehead atoms. The van der Waals surface area contributed by atoms with Gasteiger partial charge in [-0.15, -0.1) is 0 Å². The third-order valence-corrected chi connectivity index (χ3v) is 4.45. The summed E-state index contributed by atoms with van der Waals surface area (Å²) in [5.41, 5.74) is 3.01. The summed E-state index contributed by atoms with van der Waals surface area (Å²) in [5.74, 6) is -0.599. The van der Waals surface area contributed by atoms with Gasteiger partial charge in [0.25, 0.3) is 0 Å². The Morgan fingerprint density at radius 1 is 1.15 bits per heavy atom. The first-order valence-electron chi connectivity index (χ1n) is 8.86. The smallest absolute Gasteiger partial charge is 0.330 e. The number of ether oxygens (including phenoxy) is 2. The quantitative estimate of drug-likeness (QED) is 0.259. The highest BCUT2D eigenvalue weighted by Crippen LogP contribution is 2.15. The van der Waals surface area contributed by atoms with Crippen LogP contribution in [0.2, 0.25) is 0 Å². The van der Waals surface area contributed by atoms with Crippen LogP contribution in [0, 0.1) is 0 Å². The molecule has 0 radical (unpaired) electrons. The Hall–Kier alpha value is -1.79. The van der Waals surface area contributed by atoms with Gasteiger partial charge in [-0.25, -0.2) is 25.1 Å². The normalized spacial score (nSPS) is 23.8. The molecule has 0 aliphatic carbocycles. The summed E-state index contributed by atoms with van der Waals surface area (Å²) in [7, 11) is 4.49. The Morgan fingerprint density at radius 3 is 2.41 bits per heavy atom. The van der Waals surface area contributed by atoms with E-state index in [2.05, 4.69) is 19.8 Å². The van der Waals surface area contributed by atoms with Crippen LogP contribution in [-0.4, -0.2) is 98.2 Å². The standard InChI is InChI=1S/C8H16N2O4.C8H14N2O3/c1-13-8(11)7-3-2-4-10(9-7)5-6-14-12;1-9-5-3-4-7(8(12)13-2)10(9)6-11/h7,9,12H,2-6H2,1H3;6-7H,3-5H2,1-2H3. The van der Waals surface area contributed by atoms with Gasteiger partial charge in [0.2, 0.25) is 6.41 Å². The number of hydrogen-bond donors (Lipinski definition) is 2. The molecule has 2 N–H and O–H groups in total. The molecule has 156 valence electrons. The number of carbonyl (C=O) groups is 3. The van der Waals surface area contributed by atoms with E-state index in [0.29, 0.717) is 19.4 Å². The molecule has 2 heterocycles. The molecule has 11 nitrogen and oxygen atoms in total. The highest BCUT2D eigenvalue weighted by Gasteiger charge is 2.31. The fourth-order valence-corrected chi connectivity index (χ4v) is 2.99. The topological polar surface area (TPSA) is 121 Å². The van der Waals surface area contributed by atoms with Crippen LogP contribution in [0.25, 0.3) is 0 Å². The predicted octanol–water partition coefficient (Wildman–Crippen LogP) is -0.755. The molecule has 1 amide bonds. The van der Waals surface area contributed by atoms with Crippen molar-refractivity contribution in [1.82, 2.24) is 20.5 Å². The van der Waals surface area contributed by atoms with Crippen molar-refractivity contribution < 1.29 is 34.0 Å². The Labute approximate surface area is 159 Å². The molecule has 2 rings (SSSR count). The number of methoxy groups -OCH3 is 2. The van der Waals surface area contributed by atoms with Gasteiger partial charge in [-0.3, -0.25) is 19.9 Å². The first kappa shape index (κ1) is 23.2. The number of nitrogens with one attached hydrogen (secondary N) is 1. The molecule has 2 fully saturated rings. The average Bonchev–Trinajstić information content (AvgIpc) is 2.71. The Bertz CT molecular complexity index is 480. The zero-order valence-electron chi connectivity index (χ0n) is 16.1. The summed E-state index contributed by atoms with van der Waals surface area (Å²) in [6.07, 6.45) is 3.96. The maximum Gasteiger partial charge on any atom is 0.330 e. The number of hydrogen-bond acceptors (Lipinski definition) is 10. The largest absolute Gasteiger partial charge is 0.468 e. The van der Waals surface area contributed by atoms with Crippen molar-refractivity contribution in [3.63, 3.8) is 0 Å². The fraction of sp³-hybridized carbons (Fsp3) is 0.812. The van der Waals surface area contributed by atoms with E-state index in [4.69, 9.17) is 5.26 Å².